The number of aliphatic hydroxyl groups excluding tert-OH is 1. The highest BCUT2D eigenvalue weighted by Crippen LogP contribution is 2.34. The summed E-state index contributed by atoms with van der Waals surface area (Å²) in [6.45, 7) is 3.98. The molecular formula is C14H19N3O2S. The van der Waals surface area contributed by atoms with Gasteiger partial charge >= 0.3 is 0 Å². The molecule has 0 saturated carbocycles. The van der Waals surface area contributed by atoms with E-state index in [4.69, 9.17) is 10.8 Å². The van der Waals surface area contributed by atoms with Crippen LogP contribution >= 0.6 is 11.3 Å². The number of aromatic nitrogens is 1. The Hall–Kier alpha value is -1.66. The molecular weight excluding hydrogens is 274 g/mol. The van der Waals surface area contributed by atoms with Crippen molar-refractivity contribution in [2.24, 2.45) is 0 Å². The number of hydrogen-bond acceptors (Lipinski definition) is 5. The largest absolute Gasteiger partial charge is 0.397 e. The molecule has 108 valence electrons. The summed E-state index contributed by atoms with van der Waals surface area (Å²) in [5, 5.41) is 12.7. The van der Waals surface area contributed by atoms with E-state index in [2.05, 4.69) is 10.3 Å². The average molecular weight is 293 g/mol. The van der Waals surface area contributed by atoms with Crippen LogP contribution in [-0.4, -0.2) is 28.6 Å². The van der Waals surface area contributed by atoms with E-state index in [9.17, 15) is 4.79 Å². The molecule has 2 aromatic rings. The Morgan fingerprint density at radius 1 is 1.60 bits per heavy atom. The molecule has 2 rings (SSSR count). The van der Waals surface area contributed by atoms with Gasteiger partial charge in [-0.15, -0.1) is 11.3 Å². The van der Waals surface area contributed by atoms with Crippen molar-refractivity contribution in [3.63, 3.8) is 0 Å². The molecule has 1 unspecified atom stereocenters. The molecule has 0 saturated heterocycles. The van der Waals surface area contributed by atoms with Crippen molar-refractivity contribution in [2.75, 3.05) is 12.3 Å². The number of aryl methyl sites for hydroxylation is 1. The van der Waals surface area contributed by atoms with Crippen LogP contribution in [0, 0.1) is 6.92 Å². The third-order valence-electron chi connectivity index (χ3n) is 3.35. The molecule has 1 amide bonds. The number of carbonyl (C=O) groups is 1. The molecule has 0 radical (unpaired) electrons. The number of fused-ring (bicyclic) bond motifs is 1. The zero-order valence-electron chi connectivity index (χ0n) is 11.6. The van der Waals surface area contributed by atoms with Gasteiger partial charge in [0.05, 0.1) is 5.69 Å². The number of nitrogens with zero attached hydrogens (tertiary/aromatic N) is 1. The van der Waals surface area contributed by atoms with Crippen molar-refractivity contribution in [3.05, 3.63) is 22.7 Å². The van der Waals surface area contributed by atoms with Crippen molar-refractivity contribution in [3.8, 4) is 0 Å². The fourth-order valence-electron chi connectivity index (χ4n) is 2.16. The Kier molecular flexibility index (Phi) is 4.57. The molecule has 2 aromatic heterocycles. The highest BCUT2D eigenvalue weighted by Gasteiger charge is 2.20. The number of carbonyl (C=O) groups excluding carboxylic acids is 1. The van der Waals surface area contributed by atoms with E-state index in [0.717, 1.165) is 22.2 Å². The molecule has 1 atom stereocenters. The van der Waals surface area contributed by atoms with E-state index >= 15 is 0 Å². The summed E-state index contributed by atoms with van der Waals surface area (Å²) in [5.74, 6) is -0.190. The van der Waals surface area contributed by atoms with Crippen LogP contribution < -0.4 is 11.1 Å². The third kappa shape index (κ3) is 2.76. The lowest BCUT2D eigenvalue weighted by Crippen LogP contribution is -2.34. The van der Waals surface area contributed by atoms with Crippen LogP contribution in [-0.2, 0) is 0 Å². The Morgan fingerprint density at radius 3 is 2.95 bits per heavy atom. The maximum atomic E-state index is 12.3. The second-order valence-corrected chi connectivity index (χ2v) is 5.74. The minimum atomic E-state index is -0.190. The van der Waals surface area contributed by atoms with Gasteiger partial charge in [-0.1, -0.05) is 6.92 Å². The van der Waals surface area contributed by atoms with E-state index < -0.39 is 0 Å². The van der Waals surface area contributed by atoms with Crippen molar-refractivity contribution in [1.29, 1.82) is 0 Å². The van der Waals surface area contributed by atoms with Gasteiger partial charge in [-0.3, -0.25) is 4.79 Å². The molecule has 0 aliphatic rings. The zero-order chi connectivity index (χ0) is 14.7. The van der Waals surface area contributed by atoms with Crippen molar-refractivity contribution < 1.29 is 9.90 Å². The monoisotopic (exact) mass is 293 g/mol. The van der Waals surface area contributed by atoms with Gasteiger partial charge in [-0.25, -0.2) is 4.98 Å². The van der Waals surface area contributed by atoms with Crippen LogP contribution in [0.5, 0.6) is 0 Å². The van der Waals surface area contributed by atoms with Gasteiger partial charge in [0, 0.05) is 24.2 Å². The van der Waals surface area contributed by atoms with Crippen molar-refractivity contribution >= 4 is 33.1 Å². The summed E-state index contributed by atoms with van der Waals surface area (Å²) < 4.78 is 0. The Balaban J connectivity index is 2.31. The Labute approximate surface area is 121 Å². The first-order valence-electron chi connectivity index (χ1n) is 6.63. The van der Waals surface area contributed by atoms with Crippen molar-refractivity contribution in [1.82, 2.24) is 10.3 Å². The lowest BCUT2D eigenvalue weighted by molar-refractivity contribution is 0.0934. The molecule has 0 bridgehead atoms. The first kappa shape index (κ1) is 14.7. The van der Waals surface area contributed by atoms with Gasteiger partial charge < -0.3 is 16.2 Å². The minimum absolute atomic E-state index is 0.0360. The second-order valence-electron chi connectivity index (χ2n) is 4.74. The summed E-state index contributed by atoms with van der Waals surface area (Å²) in [4.78, 5) is 17.8. The molecule has 5 nitrogen and oxygen atoms in total. The van der Waals surface area contributed by atoms with E-state index in [1.54, 1.807) is 6.20 Å². The van der Waals surface area contributed by atoms with Crippen LogP contribution in [0.15, 0.2) is 12.3 Å². The molecule has 0 aliphatic carbocycles. The van der Waals surface area contributed by atoms with Gasteiger partial charge in [-0.2, -0.15) is 0 Å². The van der Waals surface area contributed by atoms with Gasteiger partial charge in [0.25, 0.3) is 5.91 Å². The van der Waals surface area contributed by atoms with E-state index in [-0.39, 0.29) is 18.6 Å². The normalized spacial score (nSPS) is 12.6. The minimum Gasteiger partial charge on any atom is -0.397 e. The Bertz CT molecular complexity index is 624. The smallest absolute Gasteiger partial charge is 0.263 e. The number of nitrogen functional groups attached to an aromatic ring is 1. The summed E-state index contributed by atoms with van der Waals surface area (Å²) >= 11 is 1.31. The van der Waals surface area contributed by atoms with Crippen LogP contribution in [0.1, 0.15) is 35.0 Å². The number of hydrogen-bond donors (Lipinski definition) is 3. The van der Waals surface area contributed by atoms with E-state index in [1.807, 2.05) is 19.9 Å². The molecule has 4 N–H and O–H groups in total. The first-order chi connectivity index (χ1) is 9.58. The van der Waals surface area contributed by atoms with E-state index in [0.29, 0.717) is 17.0 Å². The molecule has 20 heavy (non-hydrogen) atoms. The number of rotatable bonds is 5. The number of aliphatic hydroxyl groups is 1. The maximum Gasteiger partial charge on any atom is 0.263 e. The lowest BCUT2D eigenvalue weighted by Gasteiger charge is -2.15. The summed E-state index contributed by atoms with van der Waals surface area (Å²) in [6, 6.07) is 1.85. The predicted octanol–water partition coefficient (Wildman–Crippen LogP) is 2.08. The summed E-state index contributed by atoms with van der Waals surface area (Å²) in [7, 11) is 0. The molecule has 2 heterocycles. The number of anilines is 1. The highest BCUT2D eigenvalue weighted by molar-refractivity contribution is 7.21. The number of amides is 1. The van der Waals surface area contributed by atoms with Gasteiger partial charge in [0.1, 0.15) is 9.71 Å². The molecule has 0 fully saturated rings. The van der Waals surface area contributed by atoms with Crippen LogP contribution in [0.2, 0.25) is 0 Å². The standard InChI is InChI=1S/C14H19N3O2S/c1-3-9(5-7-18)17-13(19)12-11(15)10-8(2)4-6-16-14(10)20-12/h4,6,9,18H,3,5,7,15H2,1-2H3,(H,17,19). The molecule has 0 spiro atoms. The number of nitrogens with one attached hydrogen (secondary N) is 1. The predicted molar refractivity (Wildman–Crippen MR) is 82.0 cm³/mol. The first-order valence-corrected chi connectivity index (χ1v) is 7.45. The molecule has 0 aromatic carbocycles. The fourth-order valence-corrected chi connectivity index (χ4v) is 3.20. The third-order valence-corrected chi connectivity index (χ3v) is 4.46. The number of nitrogens with two attached hydrogens (primary N) is 1. The summed E-state index contributed by atoms with van der Waals surface area (Å²) in [5.41, 5.74) is 7.60. The number of thiophene rings is 1. The van der Waals surface area contributed by atoms with Gasteiger partial charge in [-0.05, 0) is 31.4 Å². The average Bonchev–Trinajstić information content (AvgIpc) is 2.77. The topological polar surface area (TPSA) is 88.2 Å². The number of pyridine rings is 1. The fraction of sp³-hybridized carbons (Fsp3) is 0.429. The highest BCUT2D eigenvalue weighted by atomic mass is 32.1. The van der Waals surface area contributed by atoms with E-state index in [1.165, 1.54) is 11.3 Å². The van der Waals surface area contributed by atoms with Crippen molar-refractivity contribution in [2.45, 2.75) is 32.7 Å². The second kappa shape index (κ2) is 6.19. The summed E-state index contributed by atoms with van der Waals surface area (Å²) in [6.07, 6.45) is 3.04. The SMILES string of the molecule is CCC(CCO)NC(=O)c1sc2nccc(C)c2c1N. The maximum absolute atomic E-state index is 12.3. The zero-order valence-corrected chi connectivity index (χ0v) is 12.5. The van der Waals surface area contributed by atoms with Crippen LogP contribution in [0.4, 0.5) is 5.69 Å². The van der Waals surface area contributed by atoms with Gasteiger partial charge in [0.2, 0.25) is 0 Å². The van der Waals surface area contributed by atoms with Crippen LogP contribution in [0.25, 0.3) is 10.2 Å². The van der Waals surface area contributed by atoms with Gasteiger partial charge in [0.15, 0.2) is 0 Å². The molecule has 0 aliphatic heterocycles. The molecule has 6 heteroatoms. The lowest BCUT2D eigenvalue weighted by atomic mass is 10.1. The van der Waals surface area contributed by atoms with Crippen LogP contribution in [0.3, 0.4) is 0 Å². The Morgan fingerprint density at radius 2 is 2.35 bits per heavy atom. The quantitative estimate of drug-likeness (QED) is 0.787.